The molecule has 0 aliphatic carbocycles. The zero-order chi connectivity index (χ0) is 36.5. The SMILES string of the molecule is FC(F)(F)c1ccc(CNc2nc(N3CCCCC3)nc3ccccc23)cn1.c1ccc(CNc2nc(N3CCCCCC3)nc3ccccc23)cc1. The molecule has 0 bridgehead atoms. The molecule has 2 aliphatic heterocycles. The first kappa shape index (κ1) is 35.9. The minimum Gasteiger partial charge on any atom is -0.365 e. The number of nitrogens with one attached hydrogen (secondary N) is 2. The highest BCUT2D eigenvalue weighted by molar-refractivity contribution is 5.91. The fourth-order valence-electron chi connectivity index (χ4n) is 6.71. The van der Waals surface area contributed by atoms with E-state index in [0.717, 1.165) is 85.2 Å². The summed E-state index contributed by atoms with van der Waals surface area (Å²) in [5.74, 6) is 3.14. The number of alkyl halides is 3. The lowest BCUT2D eigenvalue weighted by Gasteiger charge is -2.27. The zero-order valence-corrected chi connectivity index (χ0v) is 29.7. The Kier molecular flexibility index (Phi) is 11.4. The number of piperidine rings is 1. The van der Waals surface area contributed by atoms with Gasteiger partial charge in [-0.3, -0.25) is 4.98 Å². The summed E-state index contributed by atoms with van der Waals surface area (Å²) in [6.07, 6.45) is 5.34. The van der Waals surface area contributed by atoms with Crippen LogP contribution >= 0.6 is 0 Å². The van der Waals surface area contributed by atoms with Crippen LogP contribution < -0.4 is 20.4 Å². The lowest BCUT2D eigenvalue weighted by molar-refractivity contribution is -0.141. The van der Waals surface area contributed by atoms with Gasteiger partial charge in [0.25, 0.3) is 0 Å². The maximum atomic E-state index is 12.7. The number of fused-ring (bicyclic) bond motifs is 2. The molecule has 5 heterocycles. The Bertz CT molecular complexity index is 2080. The first-order chi connectivity index (χ1) is 25.9. The van der Waals surface area contributed by atoms with Crippen molar-refractivity contribution in [3.8, 4) is 0 Å². The van der Waals surface area contributed by atoms with Crippen LogP contribution in [0.3, 0.4) is 0 Å². The number of hydrogen-bond donors (Lipinski definition) is 2. The van der Waals surface area contributed by atoms with E-state index in [0.29, 0.717) is 23.9 Å². The van der Waals surface area contributed by atoms with Gasteiger partial charge in [0, 0.05) is 56.2 Å². The van der Waals surface area contributed by atoms with Crippen molar-refractivity contribution < 1.29 is 13.2 Å². The van der Waals surface area contributed by atoms with Gasteiger partial charge in [0.15, 0.2) is 0 Å². The Labute approximate surface area is 307 Å². The Morgan fingerprint density at radius 2 is 0.981 bits per heavy atom. The Morgan fingerprint density at radius 3 is 1.47 bits per heavy atom. The van der Waals surface area contributed by atoms with Crippen molar-refractivity contribution in [1.82, 2.24) is 24.9 Å². The molecule has 0 spiro atoms. The summed E-state index contributed by atoms with van der Waals surface area (Å²) in [6, 6.07) is 28.8. The maximum absolute atomic E-state index is 12.7. The van der Waals surface area contributed by atoms with Crippen molar-refractivity contribution in [3.05, 3.63) is 114 Å². The van der Waals surface area contributed by atoms with Gasteiger partial charge in [-0.25, -0.2) is 9.97 Å². The predicted molar refractivity (Wildman–Crippen MR) is 206 cm³/mol. The Hall–Kier alpha value is -5.52. The molecular weight excluding hydrogens is 676 g/mol. The van der Waals surface area contributed by atoms with Gasteiger partial charge in [0.05, 0.1) is 11.0 Å². The third-order valence-corrected chi connectivity index (χ3v) is 9.59. The molecule has 2 saturated heterocycles. The second-order valence-corrected chi connectivity index (χ2v) is 13.5. The van der Waals surface area contributed by atoms with E-state index >= 15 is 0 Å². The fourth-order valence-corrected chi connectivity index (χ4v) is 6.71. The van der Waals surface area contributed by atoms with Gasteiger partial charge in [-0.1, -0.05) is 73.5 Å². The molecule has 8 rings (SSSR count). The summed E-state index contributed by atoms with van der Waals surface area (Å²) in [6.45, 7) is 5.06. The van der Waals surface area contributed by atoms with E-state index in [4.69, 9.17) is 19.9 Å². The lowest BCUT2D eigenvalue weighted by atomic mass is 10.1. The van der Waals surface area contributed by atoms with E-state index in [-0.39, 0.29) is 0 Å². The van der Waals surface area contributed by atoms with Crippen LogP contribution in [-0.4, -0.2) is 51.1 Å². The third-order valence-electron chi connectivity index (χ3n) is 9.59. The highest BCUT2D eigenvalue weighted by Crippen LogP contribution is 2.29. The van der Waals surface area contributed by atoms with Crippen molar-refractivity contribution in [2.24, 2.45) is 0 Å². The minimum absolute atomic E-state index is 0.325. The molecule has 0 amide bonds. The molecule has 2 aliphatic rings. The smallest absolute Gasteiger partial charge is 0.365 e. The first-order valence-corrected chi connectivity index (χ1v) is 18.5. The largest absolute Gasteiger partial charge is 0.433 e. The number of pyridine rings is 1. The topological polar surface area (TPSA) is 95.0 Å². The van der Waals surface area contributed by atoms with Crippen molar-refractivity contribution in [2.45, 2.75) is 64.2 Å². The number of para-hydroxylation sites is 2. The van der Waals surface area contributed by atoms with Gasteiger partial charge < -0.3 is 20.4 Å². The van der Waals surface area contributed by atoms with E-state index in [1.54, 1.807) is 0 Å². The lowest BCUT2D eigenvalue weighted by Crippen LogP contribution is -2.31. The van der Waals surface area contributed by atoms with Crippen LogP contribution in [-0.2, 0) is 19.3 Å². The van der Waals surface area contributed by atoms with Crippen LogP contribution in [0.5, 0.6) is 0 Å². The second kappa shape index (κ2) is 16.9. The fraction of sp³-hybridized carbons (Fsp3) is 0.341. The van der Waals surface area contributed by atoms with Crippen LogP contribution in [0.25, 0.3) is 21.8 Å². The van der Waals surface area contributed by atoms with Crippen molar-refractivity contribution in [2.75, 3.05) is 46.6 Å². The number of anilines is 4. The van der Waals surface area contributed by atoms with E-state index in [9.17, 15) is 13.2 Å². The molecule has 2 N–H and O–H groups in total. The zero-order valence-electron chi connectivity index (χ0n) is 29.7. The van der Waals surface area contributed by atoms with Gasteiger partial charge in [-0.2, -0.15) is 23.1 Å². The first-order valence-electron chi connectivity index (χ1n) is 18.5. The van der Waals surface area contributed by atoms with Crippen molar-refractivity contribution in [1.29, 1.82) is 0 Å². The molecule has 9 nitrogen and oxygen atoms in total. The van der Waals surface area contributed by atoms with Gasteiger partial charge >= 0.3 is 6.18 Å². The van der Waals surface area contributed by atoms with Crippen LogP contribution in [0.1, 0.15) is 61.8 Å². The average molecular weight is 720 g/mol. The molecule has 12 heteroatoms. The van der Waals surface area contributed by atoms with Gasteiger partial charge in [0.1, 0.15) is 17.3 Å². The molecule has 0 unspecified atom stereocenters. The number of aromatic nitrogens is 5. The van der Waals surface area contributed by atoms with Crippen LogP contribution in [0.2, 0.25) is 0 Å². The minimum atomic E-state index is -4.43. The molecule has 3 aromatic heterocycles. The van der Waals surface area contributed by atoms with Crippen LogP contribution in [0, 0.1) is 0 Å². The van der Waals surface area contributed by atoms with E-state index in [1.165, 1.54) is 49.9 Å². The monoisotopic (exact) mass is 719 g/mol. The molecule has 3 aromatic carbocycles. The Balaban J connectivity index is 0.000000165. The second-order valence-electron chi connectivity index (χ2n) is 13.5. The summed E-state index contributed by atoms with van der Waals surface area (Å²) in [7, 11) is 0. The third kappa shape index (κ3) is 9.29. The highest BCUT2D eigenvalue weighted by Gasteiger charge is 2.32. The maximum Gasteiger partial charge on any atom is 0.433 e. The number of halogens is 3. The van der Waals surface area contributed by atoms with E-state index in [1.807, 2.05) is 42.5 Å². The summed E-state index contributed by atoms with van der Waals surface area (Å²) in [5, 5.41) is 8.72. The molecule has 0 saturated carbocycles. The van der Waals surface area contributed by atoms with Crippen molar-refractivity contribution in [3.63, 3.8) is 0 Å². The van der Waals surface area contributed by atoms with E-state index < -0.39 is 11.9 Å². The molecule has 6 aromatic rings. The highest BCUT2D eigenvalue weighted by atomic mass is 19.4. The van der Waals surface area contributed by atoms with Gasteiger partial charge in [0.2, 0.25) is 11.9 Å². The Morgan fingerprint density at radius 1 is 0.509 bits per heavy atom. The van der Waals surface area contributed by atoms with Crippen LogP contribution in [0.15, 0.2) is 97.2 Å². The molecule has 274 valence electrons. The summed E-state index contributed by atoms with van der Waals surface area (Å²) in [5.41, 5.74) is 2.85. The summed E-state index contributed by atoms with van der Waals surface area (Å²) < 4.78 is 38.0. The van der Waals surface area contributed by atoms with Crippen molar-refractivity contribution >= 4 is 45.3 Å². The normalized spacial score (nSPS) is 15.1. The molecule has 2 fully saturated rings. The molecule has 53 heavy (non-hydrogen) atoms. The summed E-state index contributed by atoms with van der Waals surface area (Å²) >= 11 is 0. The quantitative estimate of drug-likeness (QED) is 0.160. The molecule has 0 radical (unpaired) electrons. The summed E-state index contributed by atoms with van der Waals surface area (Å²) in [4.78, 5) is 27.1. The van der Waals surface area contributed by atoms with Gasteiger partial charge in [-0.15, -0.1) is 0 Å². The predicted octanol–water partition coefficient (Wildman–Crippen LogP) is 9.27. The number of hydrogen-bond acceptors (Lipinski definition) is 9. The van der Waals surface area contributed by atoms with E-state index in [2.05, 4.69) is 61.8 Å². The average Bonchev–Trinajstić information content (AvgIpc) is 3.50. The number of rotatable bonds is 8. The van der Waals surface area contributed by atoms with Gasteiger partial charge in [-0.05, 0) is 73.6 Å². The van der Waals surface area contributed by atoms with Crippen LogP contribution in [0.4, 0.5) is 36.7 Å². The molecule has 0 atom stereocenters. The molecular formula is C41H44F3N9. The number of nitrogens with zero attached hydrogens (tertiary/aromatic N) is 7. The number of benzene rings is 3. The standard InChI is InChI=1S/C21H24N4.C20H20F3N5/c1-2-9-15-25(14-8-1)21-23-19-13-7-6-12-18(19)20(24-21)22-16-17-10-4-3-5-11-17;21-20(22,23)17-9-8-14(12-24-17)13-25-18-15-6-2-3-7-16(15)26-19(27-18)28-10-4-1-5-11-28/h3-7,10-13H,1-2,8-9,14-16H2,(H,22,23,24);2-3,6-9,12H,1,4-5,10-11,13H2,(H,25,26,27).